The molecule has 0 saturated carbocycles. The molecule has 5 aromatic rings. The highest BCUT2D eigenvalue weighted by Crippen LogP contribution is 2.36. The molecule has 244 valence electrons. The average Bonchev–Trinajstić information content (AvgIpc) is 3.41. The predicted molar refractivity (Wildman–Crippen MR) is 193 cm³/mol. The minimum Gasteiger partial charge on any atom is -0.493 e. The van der Waals surface area contributed by atoms with Crippen LogP contribution in [0.3, 0.4) is 0 Å². The van der Waals surface area contributed by atoms with Crippen LogP contribution in [0.5, 0.6) is 11.5 Å². The molecule has 0 saturated heterocycles. The third-order valence-electron chi connectivity index (χ3n) is 7.71. The first kappa shape index (κ1) is 33.6. The predicted octanol–water partition coefficient (Wildman–Crippen LogP) is 7.55. The Balaban J connectivity index is 1.54. The van der Waals surface area contributed by atoms with Crippen LogP contribution in [0.25, 0.3) is 11.8 Å². The molecule has 4 aromatic carbocycles. The largest absolute Gasteiger partial charge is 0.493 e. The number of aromatic nitrogens is 1. The van der Waals surface area contributed by atoms with Gasteiger partial charge in [0.15, 0.2) is 16.3 Å². The van der Waals surface area contributed by atoms with Crippen molar-refractivity contribution in [3.8, 4) is 11.5 Å². The molecule has 0 spiro atoms. The monoisotopic (exact) mass is 716 g/mol. The van der Waals surface area contributed by atoms with Crippen LogP contribution in [-0.4, -0.2) is 30.5 Å². The van der Waals surface area contributed by atoms with E-state index in [0.29, 0.717) is 47.7 Å². The number of fused-ring (bicyclic) bond motifs is 1. The summed E-state index contributed by atoms with van der Waals surface area (Å²) in [5.41, 5.74) is 3.32. The minimum atomic E-state index is -0.776. The van der Waals surface area contributed by atoms with Crippen LogP contribution in [0, 0.1) is 0 Å². The number of halogens is 2. The number of esters is 1. The summed E-state index contributed by atoms with van der Waals surface area (Å²) in [6.07, 6.45) is 3.76. The number of thiazole rings is 1. The lowest BCUT2D eigenvalue weighted by atomic mass is 9.93. The number of methoxy groups -OCH3 is 1. The molecule has 1 atom stereocenters. The van der Waals surface area contributed by atoms with E-state index < -0.39 is 12.0 Å². The van der Waals surface area contributed by atoms with Crippen molar-refractivity contribution in [1.29, 1.82) is 0 Å². The van der Waals surface area contributed by atoms with Gasteiger partial charge in [-0.3, -0.25) is 9.36 Å². The molecule has 1 aromatic heterocycles. The molecular formula is C37H30Cl2N2O5S2. The molecule has 0 N–H and O–H groups in total. The molecule has 0 radical (unpaired) electrons. The lowest BCUT2D eigenvalue weighted by molar-refractivity contribution is -0.138. The number of hydrogen-bond donors (Lipinski definition) is 0. The Bertz CT molecular complexity index is 2200. The first-order chi connectivity index (χ1) is 23.3. The van der Waals surface area contributed by atoms with Crippen molar-refractivity contribution in [3.63, 3.8) is 0 Å². The fourth-order valence-corrected chi connectivity index (χ4v) is 7.30. The molecule has 0 bridgehead atoms. The number of nitrogens with zero attached hydrogens (tertiary/aromatic N) is 2. The van der Waals surface area contributed by atoms with Crippen LogP contribution in [0.1, 0.15) is 35.2 Å². The summed E-state index contributed by atoms with van der Waals surface area (Å²) in [5, 5.41) is 1.00. The number of thioether (sulfide) groups is 1. The maximum absolute atomic E-state index is 14.4. The summed E-state index contributed by atoms with van der Waals surface area (Å²) in [6.45, 7) is 2.08. The highest BCUT2D eigenvalue weighted by atomic mass is 35.5. The lowest BCUT2D eigenvalue weighted by Crippen LogP contribution is -2.40. The zero-order valence-electron chi connectivity index (χ0n) is 26.2. The quantitative estimate of drug-likeness (QED) is 0.110. The van der Waals surface area contributed by atoms with E-state index >= 15 is 0 Å². The first-order valence-electron chi connectivity index (χ1n) is 15.0. The second-order valence-electron chi connectivity index (χ2n) is 10.6. The Morgan fingerprint density at radius 3 is 2.48 bits per heavy atom. The maximum Gasteiger partial charge on any atom is 0.338 e. The van der Waals surface area contributed by atoms with Gasteiger partial charge < -0.3 is 14.2 Å². The van der Waals surface area contributed by atoms with Gasteiger partial charge in [0, 0.05) is 31.6 Å². The van der Waals surface area contributed by atoms with Gasteiger partial charge >= 0.3 is 5.97 Å². The molecule has 7 nitrogen and oxygen atoms in total. The van der Waals surface area contributed by atoms with Crippen molar-refractivity contribution in [1.82, 2.24) is 4.57 Å². The summed E-state index contributed by atoms with van der Waals surface area (Å²) in [6, 6.07) is 27.2. The molecule has 0 unspecified atom stereocenters. The van der Waals surface area contributed by atoms with Crippen LogP contribution in [0.4, 0.5) is 0 Å². The molecule has 6 rings (SSSR count). The van der Waals surface area contributed by atoms with Gasteiger partial charge in [0.05, 0.1) is 35.6 Å². The van der Waals surface area contributed by atoms with Crippen LogP contribution in [-0.2, 0) is 16.1 Å². The van der Waals surface area contributed by atoms with E-state index in [2.05, 4.69) is 0 Å². The van der Waals surface area contributed by atoms with Crippen molar-refractivity contribution in [3.05, 3.63) is 149 Å². The van der Waals surface area contributed by atoms with Gasteiger partial charge in [-0.2, -0.15) is 0 Å². The minimum absolute atomic E-state index is 0.147. The van der Waals surface area contributed by atoms with Crippen molar-refractivity contribution < 1.29 is 19.0 Å². The summed E-state index contributed by atoms with van der Waals surface area (Å²) < 4.78 is 19.5. The Morgan fingerprint density at radius 2 is 1.79 bits per heavy atom. The normalized spacial score (nSPS) is 14.4. The number of hydrogen-bond acceptors (Lipinski definition) is 8. The van der Waals surface area contributed by atoms with Crippen LogP contribution < -0.4 is 24.4 Å². The molecule has 0 aliphatic carbocycles. The second kappa shape index (κ2) is 14.9. The third kappa shape index (κ3) is 6.82. The molecule has 11 heteroatoms. The second-order valence-corrected chi connectivity index (χ2v) is 13.3. The van der Waals surface area contributed by atoms with Crippen molar-refractivity contribution in [2.24, 2.45) is 4.99 Å². The highest BCUT2D eigenvalue weighted by molar-refractivity contribution is 7.98. The van der Waals surface area contributed by atoms with E-state index in [4.69, 9.17) is 42.4 Å². The number of carbonyl (C=O) groups excluding carboxylic acids is 1. The summed E-state index contributed by atoms with van der Waals surface area (Å²) in [4.78, 5) is 34.6. The van der Waals surface area contributed by atoms with Crippen LogP contribution in [0.2, 0.25) is 10.0 Å². The van der Waals surface area contributed by atoms with Gasteiger partial charge in [-0.25, -0.2) is 9.79 Å². The van der Waals surface area contributed by atoms with Gasteiger partial charge in [-0.05, 0) is 55.2 Å². The standard InChI is InChI=1S/C37H30Cl2N2O5S2/c1-4-45-36(43)31-32(22-9-6-5-7-10-22)40-37-41(33(31)23-14-17-27(47-3)18-15-23)35(42)30(48-37)19-24-11-8-12-29(44-2)34(24)46-21-25-13-16-26(38)20-28(25)39/h5-20,33H,4,21H2,1-3H3/b30-19-/t33-/m1/s1. The molecule has 2 heterocycles. The van der Waals surface area contributed by atoms with Crippen molar-refractivity contribution in [2.45, 2.75) is 24.5 Å². The third-order valence-corrected chi connectivity index (χ3v) is 10.0. The fourth-order valence-electron chi connectivity index (χ4n) is 5.43. The smallest absolute Gasteiger partial charge is 0.338 e. The maximum atomic E-state index is 14.4. The Morgan fingerprint density at radius 1 is 1.02 bits per heavy atom. The summed E-state index contributed by atoms with van der Waals surface area (Å²) in [7, 11) is 1.56. The topological polar surface area (TPSA) is 79.1 Å². The Hall–Kier alpha value is -4.28. The molecule has 1 aliphatic rings. The van der Waals surface area contributed by atoms with E-state index in [1.807, 2.05) is 73.0 Å². The molecule has 0 fully saturated rings. The van der Waals surface area contributed by atoms with Crippen LogP contribution in [0.15, 0.2) is 111 Å². The zero-order valence-corrected chi connectivity index (χ0v) is 29.4. The van der Waals surface area contributed by atoms with Crippen LogP contribution >= 0.6 is 46.3 Å². The summed E-state index contributed by atoms with van der Waals surface area (Å²) >= 11 is 15.3. The Labute approximate surface area is 295 Å². The number of benzene rings is 4. The molecule has 1 aliphatic heterocycles. The SMILES string of the molecule is CCOC(=O)C1=C(c2ccccc2)N=c2s/c(=C\c3cccc(OC)c3OCc3ccc(Cl)cc3Cl)c(=O)n2[C@@H]1c1ccc(SC)cc1. The van der Waals surface area contributed by atoms with Gasteiger partial charge in [-0.1, -0.05) is 95.2 Å². The van der Waals surface area contributed by atoms with Gasteiger partial charge in [0.25, 0.3) is 5.56 Å². The van der Waals surface area contributed by atoms with E-state index in [1.165, 1.54) is 11.3 Å². The number of ether oxygens (including phenoxy) is 3. The van der Waals surface area contributed by atoms with Gasteiger partial charge in [-0.15, -0.1) is 11.8 Å². The van der Waals surface area contributed by atoms with Crippen molar-refractivity contribution >= 4 is 64.0 Å². The number of rotatable bonds is 10. The molecular weight excluding hydrogens is 687 g/mol. The van der Waals surface area contributed by atoms with E-state index in [1.54, 1.807) is 60.7 Å². The summed E-state index contributed by atoms with van der Waals surface area (Å²) in [5.74, 6) is 0.403. The van der Waals surface area contributed by atoms with Gasteiger partial charge in [0.2, 0.25) is 0 Å². The van der Waals surface area contributed by atoms with E-state index in [9.17, 15) is 9.59 Å². The molecule has 48 heavy (non-hydrogen) atoms. The average molecular weight is 718 g/mol. The van der Waals surface area contributed by atoms with E-state index in [-0.39, 0.29) is 18.8 Å². The van der Waals surface area contributed by atoms with E-state index in [0.717, 1.165) is 21.6 Å². The van der Waals surface area contributed by atoms with Gasteiger partial charge in [0.1, 0.15) is 6.61 Å². The number of para-hydroxylation sites is 1. The molecule has 0 amide bonds. The highest BCUT2D eigenvalue weighted by Gasteiger charge is 2.35. The van der Waals surface area contributed by atoms with Crippen molar-refractivity contribution in [2.75, 3.05) is 20.0 Å². The lowest BCUT2D eigenvalue weighted by Gasteiger charge is -2.26. The zero-order chi connectivity index (χ0) is 33.8. The first-order valence-corrected chi connectivity index (χ1v) is 17.8. The number of carbonyl (C=O) groups is 1. The fraction of sp³-hybridized carbons (Fsp3) is 0.162. The Kier molecular flexibility index (Phi) is 10.4.